The first-order valence-corrected chi connectivity index (χ1v) is 10.7. The molecule has 0 saturated carbocycles. The van der Waals surface area contributed by atoms with Crippen LogP contribution in [0.1, 0.15) is 32.1 Å². The maximum absolute atomic E-state index is 13.0. The van der Waals surface area contributed by atoms with Crippen molar-refractivity contribution < 1.29 is 9.59 Å². The quantitative estimate of drug-likeness (QED) is 0.506. The second-order valence-corrected chi connectivity index (χ2v) is 8.24. The van der Waals surface area contributed by atoms with Crippen molar-refractivity contribution in [2.75, 3.05) is 16.8 Å². The number of nitrogens with zero attached hydrogens (tertiary/aromatic N) is 2. The Morgan fingerprint density at radius 2 is 1.77 bits per heavy atom. The number of carbonyl (C=O) groups excluding carboxylic acids is 2. The molecule has 0 radical (unpaired) electrons. The molecule has 1 aliphatic heterocycles. The molecule has 0 atom stereocenters. The van der Waals surface area contributed by atoms with Crippen molar-refractivity contribution in [1.82, 2.24) is 4.98 Å². The number of aromatic nitrogens is 1. The van der Waals surface area contributed by atoms with E-state index in [9.17, 15) is 9.59 Å². The second kappa shape index (κ2) is 7.72. The van der Waals surface area contributed by atoms with Gasteiger partial charge in [0.15, 0.2) is 5.01 Å². The molecule has 5 nitrogen and oxygen atoms in total. The Bertz CT molecular complexity index is 1220. The van der Waals surface area contributed by atoms with Crippen LogP contribution in [0.15, 0.2) is 72.8 Å². The average Bonchev–Trinajstić information content (AvgIpc) is 3.23. The predicted octanol–water partition coefficient (Wildman–Crippen LogP) is 5.14. The maximum atomic E-state index is 13.0. The molecule has 3 aromatic carbocycles. The summed E-state index contributed by atoms with van der Waals surface area (Å²) in [6.07, 6.45) is 1.84. The second-order valence-electron chi connectivity index (χ2n) is 7.21. The summed E-state index contributed by atoms with van der Waals surface area (Å²) in [5, 5.41) is 3.36. The van der Waals surface area contributed by atoms with E-state index in [1.54, 1.807) is 0 Å². The molecule has 30 heavy (non-hydrogen) atoms. The normalized spacial score (nSPS) is 13.1. The minimum Gasteiger partial charge on any atom is -0.320 e. The Hall–Kier alpha value is -3.51. The van der Waals surface area contributed by atoms with Crippen molar-refractivity contribution in [2.24, 2.45) is 0 Å². The first kappa shape index (κ1) is 18.5. The Labute approximate surface area is 178 Å². The SMILES string of the molecule is O=C(Nc1ccc2c(c1)N(C(=O)c1ccccc1)CCC2)c1nc2ccccc2s1. The first-order valence-electron chi connectivity index (χ1n) is 9.86. The Morgan fingerprint density at radius 3 is 2.60 bits per heavy atom. The van der Waals surface area contributed by atoms with Gasteiger partial charge in [0, 0.05) is 23.5 Å². The predicted molar refractivity (Wildman–Crippen MR) is 120 cm³/mol. The zero-order chi connectivity index (χ0) is 20.5. The number of anilines is 2. The molecule has 5 rings (SSSR count). The van der Waals surface area contributed by atoms with Crippen LogP contribution in [0, 0.1) is 0 Å². The molecule has 2 amide bonds. The van der Waals surface area contributed by atoms with Gasteiger partial charge in [0.25, 0.3) is 11.8 Å². The fourth-order valence-corrected chi connectivity index (χ4v) is 4.61. The summed E-state index contributed by atoms with van der Waals surface area (Å²) in [4.78, 5) is 32.0. The van der Waals surface area contributed by atoms with Crippen LogP contribution in [0.5, 0.6) is 0 Å². The number of carbonyl (C=O) groups is 2. The topological polar surface area (TPSA) is 62.3 Å². The molecule has 1 aromatic heterocycles. The molecule has 0 bridgehead atoms. The highest BCUT2D eigenvalue weighted by atomic mass is 32.1. The summed E-state index contributed by atoms with van der Waals surface area (Å²) < 4.78 is 0.979. The lowest BCUT2D eigenvalue weighted by atomic mass is 10.00. The fraction of sp³-hybridized carbons (Fsp3) is 0.125. The van der Waals surface area contributed by atoms with Gasteiger partial charge in [-0.2, -0.15) is 0 Å². The largest absolute Gasteiger partial charge is 0.320 e. The first-order chi connectivity index (χ1) is 14.7. The van der Waals surface area contributed by atoms with Crippen LogP contribution in [-0.4, -0.2) is 23.3 Å². The highest BCUT2D eigenvalue weighted by Crippen LogP contribution is 2.32. The molecular formula is C24H19N3O2S. The van der Waals surface area contributed by atoms with Crippen molar-refractivity contribution in [3.8, 4) is 0 Å². The molecule has 0 fully saturated rings. The molecule has 148 valence electrons. The smallest absolute Gasteiger partial charge is 0.284 e. The van der Waals surface area contributed by atoms with Gasteiger partial charge in [0.05, 0.1) is 10.2 Å². The van der Waals surface area contributed by atoms with Gasteiger partial charge in [0.1, 0.15) is 0 Å². The van der Waals surface area contributed by atoms with E-state index in [4.69, 9.17) is 0 Å². The highest BCUT2D eigenvalue weighted by molar-refractivity contribution is 7.20. The minimum absolute atomic E-state index is 0.0220. The van der Waals surface area contributed by atoms with Crippen LogP contribution < -0.4 is 10.2 Å². The molecule has 0 aliphatic carbocycles. The standard InChI is InChI=1S/C24H19N3O2S/c28-22(23-26-19-10-4-5-11-21(19)30-23)25-18-13-12-16-9-6-14-27(20(16)15-18)24(29)17-7-2-1-3-8-17/h1-5,7-8,10-13,15H,6,9,14H2,(H,25,28). The molecule has 0 unspecified atom stereocenters. The van der Waals surface area contributed by atoms with Crippen LogP contribution >= 0.6 is 11.3 Å². The number of benzene rings is 3. The van der Waals surface area contributed by atoms with Crippen molar-refractivity contribution in [1.29, 1.82) is 0 Å². The lowest BCUT2D eigenvalue weighted by Crippen LogP contribution is -2.35. The Balaban J connectivity index is 1.42. The number of aryl methyl sites for hydroxylation is 1. The molecule has 6 heteroatoms. The molecule has 0 saturated heterocycles. The molecule has 0 spiro atoms. The lowest BCUT2D eigenvalue weighted by molar-refractivity contribution is 0.0984. The molecule has 1 aliphatic rings. The number of thiazole rings is 1. The molecule has 4 aromatic rings. The van der Waals surface area contributed by atoms with E-state index in [1.807, 2.05) is 77.7 Å². The third kappa shape index (κ3) is 3.46. The number of rotatable bonds is 3. The monoisotopic (exact) mass is 413 g/mol. The lowest BCUT2D eigenvalue weighted by Gasteiger charge is -2.30. The summed E-state index contributed by atoms with van der Waals surface area (Å²) in [5.74, 6) is -0.265. The van der Waals surface area contributed by atoms with Crippen LogP contribution in [0.2, 0.25) is 0 Å². The zero-order valence-corrected chi connectivity index (χ0v) is 17.0. The van der Waals surface area contributed by atoms with Gasteiger partial charge in [0.2, 0.25) is 0 Å². The van der Waals surface area contributed by atoms with E-state index in [0.29, 0.717) is 22.8 Å². The van der Waals surface area contributed by atoms with Crippen molar-refractivity contribution in [3.63, 3.8) is 0 Å². The number of hydrogen-bond donors (Lipinski definition) is 1. The van der Waals surface area contributed by atoms with Crippen LogP contribution in [-0.2, 0) is 6.42 Å². The van der Waals surface area contributed by atoms with Gasteiger partial charge in [-0.05, 0) is 54.8 Å². The van der Waals surface area contributed by atoms with E-state index < -0.39 is 0 Å². The number of hydrogen-bond acceptors (Lipinski definition) is 4. The zero-order valence-electron chi connectivity index (χ0n) is 16.2. The van der Waals surface area contributed by atoms with Gasteiger partial charge in [-0.15, -0.1) is 11.3 Å². The number of nitrogens with one attached hydrogen (secondary N) is 1. The van der Waals surface area contributed by atoms with E-state index in [0.717, 1.165) is 34.3 Å². The van der Waals surface area contributed by atoms with Crippen molar-refractivity contribution in [3.05, 3.63) is 88.9 Å². The summed E-state index contributed by atoms with van der Waals surface area (Å²) >= 11 is 1.37. The van der Waals surface area contributed by atoms with E-state index in [2.05, 4.69) is 10.3 Å². The van der Waals surface area contributed by atoms with Gasteiger partial charge in [-0.25, -0.2) is 4.98 Å². The minimum atomic E-state index is -0.243. The van der Waals surface area contributed by atoms with Crippen LogP contribution in [0.4, 0.5) is 11.4 Å². The van der Waals surface area contributed by atoms with Gasteiger partial charge in [-0.1, -0.05) is 36.4 Å². The van der Waals surface area contributed by atoms with Crippen molar-refractivity contribution >= 4 is 44.7 Å². The number of amides is 2. The van der Waals surface area contributed by atoms with Gasteiger partial charge < -0.3 is 10.2 Å². The van der Waals surface area contributed by atoms with E-state index in [-0.39, 0.29) is 11.8 Å². The average molecular weight is 414 g/mol. The van der Waals surface area contributed by atoms with Crippen LogP contribution in [0.3, 0.4) is 0 Å². The van der Waals surface area contributed by atoms with E-state index >= 15 is 0 Å². The highest BCUT2D eigenvalue weighted by Gasteiger charge is 2.24. The van der Waals surface area contributed by atoms with Gasteiger partial charge in [-0.3, -0.25) is 9.59 Å². The third-order valence-corrected chi connectivity index (χ3v) is 6.25. The summed E-state index contributed by atoms with van der Waals surface area (Å²) in [5.41, 5.74) is 4.11. The maximum Gasteiger partial charge on any atom is 0.284 e. The summed E-state index contributed by atoms with van der Waals surface area (Å²) in [6.45, 7) is 0.663. The molecule has 2 heterocycles. The molecular weight excluding hydrogens is 394 g/mol. The van der Waals surface area contributed by atoms with Crippen molar-refractivity contribution in [2.45, 2.75) is 12.8 Å². The van der Waals surface area contributed by atoms with Gasteiger partial charge >= 0.3 is 0 Å². The number of para-hydroxylation sites is 1. The van der Waals surface area contributed by atoms with Crippen LogP contribution in [0.25, 0.3) is 10.2 Å². The number of fused-ring (bicyclic) bond motifs is 2. The Kier molecular flexibility index (Phi) is 4.77. The fourth-order valence-electron chi connectivity index (χ4n) is 3.75. The third-order valence-electron chi connectivity index (χ3n) is 5.22. The molecule has 1 N–H and O–H groups in total. The summed E-state index contributed by atoms with van der Waals surface area (Å²) in [6, 6.07) is 22.8. The van der Waals surface area contributed by atoms with E-state index in [1.165, 1.54) is 11.3 Å². The summed E-state index contributed by atoms with van der Waals surface area (Å²) in [7, 11) is 0. The Morgan fingerprint density at radius 1 is 0.967 bits per heavy atom.